The van der Waals surface area contributed by atoms with Gasteiger partial charge in [-0.2, -0.15) is 0 Å². The van der Waals surface area contributed by atoms with Crippen LogP contribution < -0.4 is 5.32 Å². The minimum atomic E-state index is -0.182. The van der Waals surface area contributed by atoms with Crippen molar-refractivity contribution in [2.45, 2.75) is 37.1 Å². The van der Waals surface area contributed by atoms with Crippen LogP contribution in [0.15, 0.2) is 24.3 Å². The third kappa shape index (κ3) is 3.53. The van der Waals surface area contributed by atoms with Crippen molar-refractivity contribution in [1.82, 2.24) is 15.1 Å². The van der Waals surface area contributed by atoms with Crippen molar-refractivity contribution in [2.75, 3.05) is 33.0 Å². The number of nitrogens with one attached hydrogen (secondary N) is 1. The van der Waals surface area contributed by atoms with Gasteiger partial charge in [-0.25, -0.2) is 4.79 Å². The Balaban J connectivity index is 1.43. The van der Waals surface area contributed by atoms with Crippen molar-refractivity contribution in [3.8, 4) is 0 Å². The van der Waals surface area contributed by atoms with Gasteiger partial charge in [-0.3, -0.25) is 9.69 Å². The molecule has 3 fully saturated rings. The highest BCUT2D eigenvalue weighted by Gasteiger charge is 2.41. The average molecular weight is 378 g/mol. The number of amides is 3. The predicted octanol–water partition coefficient (Wildman–Crippen LogP) is 2.36. The standard InChI is InChI=1S/C19H24ClN3O3/c20-15-3-1-2-14(10-15)19(6-8-26-9-7-19)12-21-18(25)22-11-17(24)23(13-22)16-4-5-16/h1-3,10,16H,4-9,11-13H2,(H,21,25). The summed E-state index contributed by atoms with van der Waals surface area (Å²) in [5, 5.41) is 3.76. The van der Waals surface area contributed by atoms with Crippen LogP contribution in [0.5, 0.6) is 0 Å². The van der Waals surface area contributed by atoms with E-state index in [1.54, 1.807) is 4.90 Å². The van der Waals surface area contributed by atoms with Gasteiger partial charge in [0.15, 0.2) is 0 Å². The van der Waals surface area contributed by atoms with Gasteiger partial charge in [0.1, 0.15) is 6.54 Å². The van der Waals surface area contributed by atoms with Crippen molar-refractivity contribution in [3.63, 3.8) is 0 Å². The van der Waals surface area contributed by atoms with E-state index < -0.39 is 0 Å². The van der Waals surface area contributed by atoms with E-state index in [-0.39, 0.29) is 23.9 Å². The number of carbonyl (C=O) groups is 2. The van der Waals surface area contributed by atoms with Crippen molar-refractivity contribution in [2.24, 2.45) is 0 Å². The van der Waals surface area contributed by atoms with Crippen LogP contribution in [0, 0.1) is 0 Å². The number of urea groups is 1. The Kier molecular flexibility index (Phi) is 4.80. The van der Waals surface area contributed by atoms with Crippen molar-refractivity contribution in [3.05, 3.63) is 34.9 Å². The lowest BCUT2D eigenvalue weighted by atomic mass is 9.74. The van der Waals surface area contributed by atoms with Gasteiger partial charge in [-0.1, -0.05) is 23.7 Å². The lowest BCUT2D eigenvalue weighted by molar-refractivity contribution is -0.127. The van der Waals surface area contributed by atoms with E-state index in [0.717, 1.165) is 31.2 Å². The maximum absolute atomic E-state index is 12.6. The summed E-state index contributed by atoms with van der Waals surface area (Å²) < 4.78 is 5.54. The van der Waals surface area contributed by atoms with Crippen LogP contribution in [-0.2, 0) is 14.9 Å². The zero-order valence-corrected chi connectivity index (χ0v) is 15.5. The number of hydrogen-bond acceptors (Lipinski definition) is 3. The summed E-state index contributed by atoms with van der Waals surface area (Å²) in [5.41, 5.74) is 0.948. The molecule has 0 bridgehead atoms. The van der Waals surface area contributed by atoms with Gasteiger partial charge in [0.25, 0.3) is 0 Å². The summed E-state index contributed by atoms with van der Waals surface area (Å²) in [6.07, 6.45) is 3.78. The molecule has 26 heavy (non-hydrogen) atoms. The highest BCUT2D eigenvalue weighted by molar-refractivity contribution is 6.30. The smallest absolute Gasteiger partial charge is 0.319 e. The molecule has 0 radical (unpaired) electrons. The Labute approximate surface area is 158 Å². The molecule has 2 aliphatic heterocycles. The summed E-state index contributed by atoms with van der Waals surface area (Å²) in [7, 11) is 0. The monoisotopic (exact) mass is 377 g/mol. The highest BCUT2D eigenvalue weighted by atomic mass is 35.5. The molecule has 0 aromatic heterocycles. The molecule has 3 amide bonds. The third-order valence-corrected chi connectivity index (χ3v) is 5.94. The average Bonchev–Trinajstić information content (AvgIpc) is 3.42. The fourth-order valence-corrected chi connectivity index (χ4v) is 4.10. The minimum Gasteiger partial charge on any atom is -0.381 e. The molecule has 1 N–H and O–H groups in total. The molecule has 1 saturated carbocycles. The van der Waals surface area contributed by atoms with Gasteiger partial charge in [-0.15, -0.1) is 0 Å². The van der Waals surface area contributed by atoms with E-state index in [9.17, 15) is 9.59 Å². The quantitative estimate of drug-likeness (QED) is 0.876. The largest absolute Gasteiger partial charge is 0.381 e. The first-order chi connectivity index (χ1) is 12.6. The van der Waals surface area contributed by atoms with E-state index in [0.29, 0.717) is 37.5 Å². The summed E-state index contributed by atoms with van der Waals surface area (Å²) in [5.74, 6) is 0.0540. The number of halogens is 1. The molecule has 1 aliphatic carbocycles. The molecular formula is C19H24ClN3O3. The van der Waals surface area contributed by atoms with Crippen LogP contribution in [0.1, 0.15) is 31.2 Å². The van der Waals surface area contributed by atoms with Crippen molar-refractivity contribution < 1.29 is 14.3 Å². The molecule has 0 unspecified atom stereocenters. The topological polar surface area (TPSA) is 61.9 Å². The van der Waals surface area contributed by atoms with Crippen LogP contribution in [0.2, 0.25) is 5.02 Å². The van der Waals surface area contributed by atoms with Crippen LogP contribution in [0.4, 0.5) is 4.79 Å². The number of nitrogens with zero attached hydrogens (tertiary/aromatic N) is 2. The first-order valence-electron chi connectivity index (χ1n) is 9.23. The Morgan fingerprint density at radius 1 is 1.31 bits per heavy atom. The van der Waals surface area contributed by atoms with Crippen LogP contribution >= 0.6 is 11.6 Å². The lowest BCUT2D eigenvalue weighted by Crippen LogP contribution is -2.48. The second kappa shape index (κ2) is 7.08. The molecule has 2 heterocycles. The Morgan fingerprint density at radius 2 is 2.08 bits per heavy atom. The Morgan fingerprint density at radius 3 is 2.77 bits per heavy atom. The van der Waals surface area contributed by atoms with Crippen molar-refractivity contribution in [1.29, 1.82) is 0 Å². The van der Waals surface area contributed by atoms with Gasteiger partial charge in [0.05, 0.1) is 6.67 Å². The highest BCUT2D eigenvalue weighted by Crippen LogP contribution is 2.35. The predicted molar refractivity (Wildman–Crippen MR) is 98.0 cm³/mol. The van der Waals surface area contributed by atoms with Gasteiger partial charge in [0, 0.05) is 36.2 Å². The maximum Gasteiger partial charge on any atom is 0.319 e. The van der Waals surface area contributed by atoms with Crippen LogP contribution in [0.25, 0.3) is 0 Å². The van der Waals surface area contributed by atoms with E-state index >= 15 is 0 Å². The van der Waals surface area contributed by atoms with E-state index in [1.807, 2.05) is 23.1 Å². The molecule has 2 saturated heterocycles. The maximum atomic E-state index is 12.6. The molecule has 3 aliphatic rings. The second-order valence-corrected chi connectivity index (χ2v) is 7.93. The van der Waals surface area contributed by atoms with Crippen LogP contribution in [-0.4, -0.2) is 60.8 Å². The van der Waals surface area contributed by atoms with Gasteiger partial charge < -0.3 is 15.0 Å². The van der Waals surface area contributed by atoms with Gasteiger partial charge >= 0.3 is 6.03 Å². The summed E-state index contributed by atoms with van der Waals surface area (Å²) in [4.78, 5) is 28.1. The van der Waals surface area contributed by atoms with Gasteiger partial charge in [-0.05, 0) is 43.4 Å². The Hall–Kier alpha value is -1.79. The molecule has 0 spiro atoms. The summed E-state index contributed by atoms with van der Waals surface area (Å²) in [6, 6.07) is 8.02. The van der Waals surface area contributed by atoms with E-state index in [4.69, 9.17) is 16.3 Å². The molecule has 6 nitrogen and oxygen atoms in total. The Bertz CT molecular complexity index is 701. The first kappa shape index (κ1) is 17.6. The zero-order chi connectivity index (χ0) is 18.1. The van der Waals surface area contributed by atoms with E-state index in [2.05, 4.69) is 11.4 Å². The molecule has 1 aromatic carbocycles. The molecule has 7 heteroatoms. The molecular weight excluding hydrogens is 354 g/mol. The number of hydrogen-bond donors (Lipinski definition) is 1. The minimum absolute atomic E-state index is 0.0540. The summed E-state index contributed by atoms with van der Waals surface area (Å²) >= 11 is 6.19. The molecule has 4 rings (SSSR count). The van der Waals surface area contributed by atoms with E-state index in [1.165, 1.54) is 0 Å². The lowest BCUT2D eigenvalue weighted by Gasteiger charge is -2.38. The number of rotatable bonds is 4. The third-order valence-electron chi connectivity index (χ3n) is 5.71. The SMILES string of the molecule is O=C(NCC1(c2cccc(Cl)c2)CCOCC1)N1CC(=O)N(C2CC2)C1. The fourth-order valence-electron chi connectivity index (χ4n) is 3.91. The molecule has 140 valence electrons. The number of benzene rings is 1. The van der Waals surface area contributed by atoms with Crippen molar-refractivity contribution >= 4 is 23.5 Å². The molecule has 0 atom stereocenters. The van der Waals surface area contributed by atoms with Gasteiger partial charge in [0.2, 0.25) is 5.91 Å². The molecule has 1 aromatic rings. The summed E-state index contributed by atoms with van der Waals surface area (Å²) in [6.45, 7) is 2.43. The fraction of sp³-hybridized carbons (Fsp3) is 0.579. The number of ether oxygens (including phenoxy) is 1. The van der Waals surface area contributed by atoms with Crippen LogP contribution in [0.3, 0.4) is 0 Å². The number of carbonyl (C=O) groups excluding carboxylic acids is 2. The zero-order valence-electron chi connectivity index (χ0n) is 14.7. The normalized spacial score (nSPS) is 22.6. The first-order valence-corrected chi connectivity index (χ1v) is 9.61. The second-order valence-electron chi connectivity index (χ2n) is 7.50.